The second-order valence-corrected chi connectivity index (χ2v) is 3.65. The Balaban J connectivity index is 3.04. The molecule has 0 fully saturated rings. The molecule has 1 aromatic heterocycles. The van der Waals surface area contributed by atoms with Gasteiger partial charge in [0.25, 0.3) is 5.56 Å². The van der Waals surface area contributed by atoms with Crippen LogP contribution in [0, 0.1) is 0 Å². The minimum atomic E-state index is -1.61. The van der Waals surface area contributed by atoms with Crippen molar-refractivity contribution in [3.63, 3.8) is 0 Å². The molecule has 1 N–H and O–H groups in total. The van der Waals surface area contributed by atoms with Crippen LogP contribution in [0.2, 0.25) is 0 Å². The molecule has 7 nitrogen and oxygen atoms in total. The van der Waals surface area contributed by atoms with Gasteiger partial charge in [0.05, 0.1) is 18.0 Å². The van der Waals surface area contributed by atoms with Crippen LogP contribution in [0.15, 0.2) is 27.8 Å². The van der Waals surface area contributed by atoms with Gasteiger partial charge in [0.15, 0.2) is 0 Å². The van der Waals surface area contributed by atoms with Gasteiger partial charge in [-0.1, -0.05) is 0 Å². The lowest BCUT2D eigenvalue weighted by Gasteiger charge is -2.08. The number of ether oxygens (including phenoxy) is 1. The minimum Gasteiger partial charge on any atom is -0.497 e. The van der Waals surface area contributed by atoms with Gasteiger partial charge < -0.3 is 9.84 Å². The zero-order valence-electron chi connectivity index (χ0n) is 9.71. The summed E-state index contributed by atoms with van der Waals surface area (Å²) in [7, 11) is 2.83. The highest BCUT2D eigenvalue weighted by molar-refractivity contribution is 5.82. The van der Waals surface area contributed by atoms with Crippen LogP contribution in [0.25, 0.3) is 10.9 Å². The smallest absolute Gasteiger partial charge is 0.422 e. The van der Waals surface area contributed by atoms with E-state index in [0.717, 1.165) is 4.57 Å². The summed E-state index contributed by atoms with van der Waals surface area (Å²) in [4.78, 5) is 34.5. The third kappa shape index (κ3) is 1.56. The summed E-state index contributed by atoms with van der Waals surface area (Å²) < 4.78 is 6.23. The molecule has 2 aromatic rings. The van der Waals surface area contributed by atoms with Crippen molar-refractivity contribution in [1.82, 2.24) is 9.13 Å². The number of nitrogens with zero attached hydrogens (tertiary/aromatic N) is 2. The fraction of sp³-hybridized carbons (Fsp3) is 0.182. The molecule has 94 valence electrons. The molecule has 1 aromatic carbocycles. The topological polar surface area (TPSA) is 90.5 Å². The number of carbonyl (C=O) groups is 1. The van der Waals surface area contributed by atoms with Gasteiger partial charge in [-0.15, -0.1) is 0 Å². The van der Waals surface area contributed by atoms with Crippen LogP contribution >= 0.6 is 0 Å². The van der Waals surface area contributed by atoms with Crippen LogP contribution in [0.3, 0.4) is 0 Å². The van der Waals surface area contributed by atoms with Crippen LogP contribution < -0.4 is 16.0 Å². The summed E-state index contributed by atoms with van der Waals surface area (Å²) >= 11 is 0. The quantitative estimate of drug-likeness (QED) is 0.782. The molecular weight excluding hydrogens is 240 g/mol. The molecule has 0 spiro atoms. The molecule has 0 amide bonds. The van der Waals surface area contributed by atoms with E-state index in [0.29, 0.717) is 11.3 Å². The Morgan fingerprint density at radius 3 is 2.56 bits per heavy atom. The maximum atomic E-state index is 11.9. The first-order chi connectivity index (χ1) is 8.47. The third-order valence-corrected chi connectivity index (χ3v) is 2.67. The number of aromatic nitrogens is 2. The van der Waals surface area contributed by atoms with Gasteiger partial charge in [0, 0.05) is 7.05 Å². The number of hydrogen-bond acceptors (Lipinski definition) is 4. The zero-order chi connectivity index (χ0) is 13.4. The summed E-state index contributed by atoms with van der Waals surface area (Å²) in [5, 5.41) is 8.99. The Bertz CT molecular complexity index is 756. The Morgan fingerprint density at radius 2 is 2.00 bits per heavy atom. The highest BCUT2D eigenvalue weighted by Gasteiger charge is 2.15. The van der Waals surface area contributed by atoms with Crippen LogP contribution in [-0.2, 0) is 7.05 Å². The summed E-state index contributed by atoms with van der Waals surface area (Å²) in [5.74, 6) is 0.412. The number of carboxylic acid groups (broad SMARTS) is 1. The average Bonchev–Trinajstić information content (AvgIpc) is 2.35. The normalized spacial score (nSPS) is 10.6. The van der Waals surface area contributed by atoms with E-state index in [4.69, 9.17) is 9.84 Å². The average molecular weight is 250 g/mol. The van der Waals surface area contributed by atoms with Gasteiger partial charge in [0.2, 0.25) is 0 Å². The van der Waals surface area contributed by atoms with Crippen molar-refractivity contribution in [3.05, 3.63) is 39.0 Å². The fourth-order valence-electron chi connectivity index (χ4n) is 1.73. The molecule has 18 heavy (non-hydrogen) atoms. The van der Waals surface area contributed by atoms with Crippen LogP contribution in [0.5, 0.6) is 5.75 Å². The first kappa shape index (κ1) is 11.9. The molecule has 7 heteroatoms. The molecule has 0 aliphatic rings. The van der Waals surface area contributed by atoms with E-state index in [9.17, 15) is 14.4 Å². The largest absolute Gasteiger partial charge is 0.497 e. The SMILES string of the molecule is COc1ccc2c(c1)c(=O)n(C(=O)O)c(=O)n2C. The standard InChI is InChI=1S/C11H10N2O5/c1-12-8-4-3-6(18-2)5-7(8)9(14)13(10(12)15)11(16)17/h3-5H,1-2H3,(H,16,17). The second kappa shape index (κ2) is 4.02. The lowest BCUT2D eigenvalue weighted by atomic mass is 10.2. The van der Waals surface area contributed by atoms with E-state index >= 15 is 0 Å². The Labute approximate surface area is 100 Å². The molecule has 0 radical (unpaired) electrons. The van der Waals surface area contributed by atoms with E-state index in [1.807, 2.05) is 0 Å². The molecule has 0 atom stereocenters. The molecule has 1 heterocycles. The summed E-state index contributed by atoms with van der Waals surface area (Å²) in [6, 6.07) is 4.52. The number of fused-ring (bicyclic) bond motifs is 1. The van der Waals surface area contributed by atoms with E-state index in [2.05, 4.69) is 0 Å². The number of benzene rings is 1. The van der Waals surface area contributed by atoms with Crippen molar-refractivity contribution >= 4 is 17.0 Å². The van der Waals surface area contributed by atoms with Gasteiger partial charge in [-0.2, -0.15) is 4.57 Å². The molecule has 0 aliphatic carbocycles. The Morgan fingerprint density at radius 1 is 1.33 bits per heavy atom. The highest BCUT2D eigenvalue weighted by atomic mass is 16.5. The van der Waals surface area contributed by atoms with Crippen molar-refractivity contribution in [2.45, 2.75) is 0 Å². The van der Waals surface area contributed by atoms with Crippen LogP contribution in [0.4, 0.5) is 4.79 Å². The van der Waals surface area contributed by atoms with Crippen molar-refractivity contribution < 1.29 is 14.6 Å². The minimum absolute atomic E-state index is 0.110. The van der Waals surface area contributed by atoms with E-state index in [1.54, 1.807) is 6.07 Å². The van der Waals surface area contributed by atoms with Gasteiger partial charge in [-0.05, 0) is 18.2 Å². The molecular formula is C11H10N2O5. The van der Waals surface area contributed by atoms with Gasteiger partial charge >= 0.3 is 11.8 Å². The van der Waals surface area contributed by atoms with Gasteiger partial charge in [-0.25, -0.2) is 9.59 Å². The lowest BCUT2D eigenvalue weighted by Crippen LogP contribution is -2.42. The summed E-state index contributed by atoms with van der Waals surface area (Å²) in [6.07, 6.45) is -1.61. The van der Waals surface area contributed by atoms with E-state index in [1.165, 1.54) is 26.3 Å². The molecule has 2 rings (SSSR count). The Kier molecular flexibility index (Phi) is 2.66. The molecule has 0 saturated heterocycles. The Hall–Kier alpha value is -2.57. The van der Waals surface area contributed by atoms with E-state index in [-0.39, 0.29) is 9.95 Å². The first-order valence-electron chi connectivity index (χ1n) is 5.00. The number of rotatable bonds is 1. The molecule has 0 bridgehead atoms. The zero-order valence-corrected chi connectivity index (χ0v) is 9.71. The van der Waals surface area contributed by atoms with E-state index < -0.39 is 17.3 Å². The molecule has 0 saturated carbocycles. The predicted octanol–water partition coefficient (Wildman–Crippen LogP) is 0.235. The monoisotopic (exact) mass is 250 g/mol. The number of aryl methyl sites for hydroxylation is 1. The summed E-state index contributed by atoms with van der Waals surface area (Å²) in [6.45, 7) is 0. The van der Waals surface area contributed by atoms with Crippen molar-refractivity contribution in [2.24, 2.45) is 7.05 Å². The van der Waals surface area contributed by atoms with Crippen LogP contribution in [-0.4, -0.2) is 27.4 Å². The second-order valence-electron chi connectivity index (χ2n) is 3.65. The number of hydrogen-bond donors (Lipinski definition) is 1. The lowest BCUT2D eigenvalue weighted by molar-refractivity contribution is 0.193. The van der Waals surface area contributed by atoms with Gasteiger partial charge in [0.1, 0.15) is 5.75 Å². The first-order valence-corrected chi connectivity index (χ1v) is 5.00. The number of methoxy groups -OCH3 is 1. The maximum absolute atomic E-state index is 11.9. The highest BCUT2D eigenvalue weighted by Crippen LogP contribution is 2.16. The van der Waals surface area contributed by atoms with Gasteiger partial charge in [-0.3, -0.25) is 9.36 Å². The van der Waals surface area contributed by atoms with Crippen molar-refractivity contribution in [2.75, 3.05) is 7.11 Å². The molecule has 0 aliphatic heterocycles. The predicted molar refractivity (Wildman–Crippen MR) is 63.4 cm³/mol. The maximum Gasteiger partial charge on any atom is 0.422 e. The summed E-state index contributed by atoms with van der Waals surface area (Å²) in [5.41, 5.74) is -1.42. The third-order valence-electron chi connectivity index (χ3n) is 2.67. The van der Waals surface area contributed by atoms with Crippen LogP contribution in [0.1, 0.15) is 0 Å². The molecule has 0 unspecified atom stereocenters. The van der Waals surface area contributed by atoms with Crippen molar-refractivity contribution in [3.8, 4) is 5.75 Å². The fourth-order valence-corrected chi connectivity index (χ4v) is 1.73. The van der Waals surface area contributed by atoms with Crippen molar-refractivity contribution in [1.29, 1.82) is 0 Å².